The molecule has 1 aromatic heterocycles. The van der Waals surface area contributed by atoms with Crippen molar-refractivity contribution in [3.05, 3.63) is 71.3 Å². The number of aromatic nitrogens is 3. The zero-order valence-electron chi connectivity index (χ0n) is 12.3. The van der Waals surface area contributed by atoms with Crippen LogP contribution in [0.3, 0.4) is 0 Å². The van der Waals surface area contributed by atoms with Gasteiger partial charge in [-0.25, -0.2) is 13.9 Å². The molecule has 0 atom stereocenters. The number of nitrogens with zero attached hydrogens (tertiary/aromatic N) is 2. The molecule has 2 N–H and O–H groups in total. The standard InChI is InChI=1S/C16H12F2N4OS/c17-12-5-1-10(2-6-12)9-24-16-20-15(21-22-16)19-14(23)11-3-7-13(18)8-4-11/h1-8H,9H2,(H2,19,20,21,22,23). The van der Waals surface area contributed by atoms with Gasteiger partial charge >= 0.3 is 0 Å². The van der Waals surface area contributed by atoms with Crippen molar-refractivity contribution < 1.29 is 13.6 Å². The van der Waals surface area contributed by atoms with Gasteiger partial charge in [0.2, 0.25) is 11.1 Å². The van der Waals surface area contributed by atoms with Gasteiger partial charge in [-0.2, -0.15) is 4.98 Å². The van der Waals surface area contributed by atoms with E-state index >= 15 is 0 Å². The minimum atomic E-state index is -0.416. The van der Waals surface area contributed by atoms with Gasteiger partial charge in [0.25, 0.3) is 5.91 Å². The number of halogens is 2. The van der Waals surface area contributed by atoms with Crippen molar-refractivity contribution in [3.8, 4) is 0 Å². The Bertz CT molecular complexity index is 834. The molecule has 0 saturated heterocycles. The van der Waals surface area contributed by atoms with E-state index in [1.54, 1.807) is 12.1 Å². The molecule has 0 radical (unpaired) electrons. The number of nitrogens with one attached hydrogen (secondary N) is 2. The topological polar surface area (TPSA) is 70.7 Å². The Labute approximate surface area is 140 Å². The van der Waals surface area contributed by atoms with Gasteiger partial charge in [-0.3, -0.25) is 10.1 Å². The molecular formula is C16H12F2N4OS. The Morgan fingerprint density at radius 2 is 1.67 bits per heavy atom. The van der Waals surface area contributed by atoms with Gasteiger partial charge in [-0.05, 0) is 42.0 Å². The lowest BCUT2D eigenvalue weighted by atomic mass is 10.2. The summed E-state index contributed by atoms with van der Waals surface area (Å²) in [6.07, 6.45) is 0. The van der Waals surface area contributed by atoms with Crippen LogP contribution >= 0.6 is 11.8 Å². The third kappa shape index (κ3) is 4.17. The number of H-pyrrole nitrogens is 1. The molecule has 0 fully saturated rings. The molecule has 122 valence electrons. The molecule has 0 aliphatic rings. The van der Waals surface area contributed by atoms with Crippen LogP contribution in [0.4, 0.5) is 14.7 Å². The van der Waals surface area contributed by atoms with Crippen molar-refractivity contribution in [1.29, 1.82) is 0 Å². The van der Waals surface area contributed by atoms with Gasteiger partial charge < -0.3 is 0 Å². The third-order valence-corrected chi connectivity index (χ3v) is 4.00. The summed E-state index contributed by atoms with van der Waals surface area (Å²) in [6, 6.07) is 11.3. The van der Waals surface area contributed by atoms with Crippen molar-refractivity contribution in [3.63, 3.8) is 0 Å². The summed E-state index contributed by atoms with van der Waals surface area (Å²) in [5.74, 6) is -0.339. The van der Waals surface area contributed by atoms with E-state index in [2.05, 4.69) is 20.5 Å². The Hall–Kier alpha value is -2.74. The van der Waals surface area contributed by atoms with Crippen LogP contribution in [-0.2, 0) is 5.75 Å². The number of aromatic amines is 1. The molecule has 5 nitrogen and oxygen atoms in total. The SMILES string of the molecule is O=C(Nc1nc(SCc2ccc(F)cc2)n[nH]1)c1ccc(F)cc1. The van der Waals surface area contributed by atoms with Crippen LogP contribution in [0.5, 0.6) is 0 Å². The van der Waals surface area contributed by atoms with E-state index in [0.29, 0.717) is 16.5 Å². The molecule has 24 heavy (non-hydrogen) atoms. The molecule has 0 unspecified atom stereocenters. The van der Waals surface area contributed by atoms with E-state index in [1.807, 2.05) is 0 Å². The van der Waals surface area contributed by atoms with E-state index in [-0.39, 0.29) is 11.8 Å². The summed E-state index contributed by atoms with van der Waals surface area (Å²) < 4.78 is 25.7. The number of anilines is 1. The molecule has 0 saturated carbocycles. The van der Waals surface area contributed by atoms with Crippen molar-refractivity contribution in [2.75, 3.05) is 5.32 Å². The van der Waals surface area contributed by atoms with E-state index in [9.17, 15) is 13.6 Å². The fraction of sp³-hybridized carbons (Fsp3) is 0.0625. The van der Waals surface area contributed by atoms with Gasteiger partial charge in [0.05, 0.1) is 0 Å². The Morgan fingerprint density at radius 1 is 1.04 bits per heavy atom. The molecule has 3 rings (SSSR count). The molecule has 8 heteroatoms. The normalized spacial score (nSPS) is 10.6. The predicted molar refractivity (Wildman–Crippen MR) is 86.7 cm³/mol. The number of amides is 1. The van der Waals surface area contributed by atoms with Crippen LogP contribution in [0, 0.1) is 11.6 Å². The zero-order valence-corrected chi connectivity index (χ0v) is 13.1. The van der Waals surface area contributed by atoms with Crippen molar-refractivity contribution in [2.45, 2.75) is 10.9 Å². The maximum absolute atomic E-state index is 12.8. The second-order valence-corrected chi connectivity index (χ2v) is 5.79. The molecular weight excluding hydrogens is 334 g/mol. The molecule has 0 aliphatic carbocycles. The molecule has 1 heterocycles. The number of carbonyl (C=O) groups excluding carboxylic acids is 1. The lowest BCUT2D eigenvalue weighted by Crippen LogP contribution is -2.12. The molecule has 3 aromatic rings. The molecule has 2 aromatic carbocycles. The monoisotopic (exact) mass is 346 g/mol. The third-order valence-electron chi connectivity index (χ3n) is 3.08. The summed E-state index contributed by atoms with van der Waals surface area (Å²) in [4.78, 5) is 16.1. The lowest BCUT2D eigenvalue weighted by Gasteiger charge is -2.00. The first kappa shape index (κ1) is 16.1. The van der Waals surface area contributed by atoms with E-state index in [1.165, 1.54) is 48.2 Å². The fourth-order valence-corrected chi connectivity index (χ4v) is 2.63. The second-order valence-electron chi connectivity index (χ2n) is 4.84. The summed E-state index contributed by atoms with van der Waals surface area (Å²) in [5, 5.41) is 9.61. The zero-order chi connectivity index (χ0) is 16.9. The van der Waals surface area contributed by atoms with Gasteiger partial charge in [0.1, 0.15) is 11.6 Å². The van der Waals surface area contributed by atoms with Gasteiger partial charge in [-0.15, -0.1) is 5.10 Å². The highest BCUT2D eigenvalue weighted by Gasteiger charge is 2.10. The molecule has 0 bridgehead atoms. The molecule has 1 amide bonds. The summed E-state index contributed by atoms with van der Waals surface area (Å²) in [6.45, 7) is 0. The first-order valence-electron chi connectivity index (χ1n) is 6.97. The molecule has 0 aliphatic heterocycles. The number of rotatable bonds is 5. The number of benzene rings is 2. The summed E-state index contributed by atoms with van der Waals surface area (Å²) >= 11 is 1.35. The smallest absolute Gasteiger partial charge is 0.258 e. The first-order chi connectivity index (χ1) is 11.6. The van der Waals surface area contributed by atoms with Crippen LogP contribution in [0.15, 0.2) is 53.7 Å². The average molecular weight is 346 g/mol. The predicted octanol–water partition coefficient (Wildman–Crippen LogP) is 3.63. The average Bonchev–Trinajstić information content (AvgIpc) is 3.02. The van der Waals surface area contributed by atoms with Crippen LogP contribution in [0.25, 0.3) is 0 Å². The maximum atomic E-state index is 12.8. The van der Waals surface area contributed by atoms with Gasteiger partial charge in [0.15, 0.2) is 0 Å². The Morgan fingerprint density at radius 3 is 2.33 bits per heavy atom. The first-order valence-corrected chi connectivity index (χ1v) is 7.95. The quantitative estimate of drug-likeness (QED) is 0.692. The minimum absolute atomic E-state index is 0.200. The highest BCUT2D eigenvalue weighted by atomic mass is 32.2. The fourth-order valence-electron chi connectivity index (χ4n) is 1.88. The lowest BCUT2D eigenvalue weighted by molar-refractivity contribution is 0.102. The molecule has 0 spiro atoms. The van der Waals surface area contributed by atoms with Crippen LogP contribution < -0.4 is 5.32 Å². The van der Waals surface area contributed by atoms with Crippen LogP contribution in [0.1, 0.15) is 15.9 Å². The van der Waals surface area contributed by atoms with Crippen LogP contribution in [-0.4, -0.2) is 21.1 Å². The van der Waals surface area contributed by atoms with Crippen LogP contribution in [0.2, 0.25) is 0 Å². The summed E-state index contributed by atoms with van der Waals surface area (Å²) in [5.41, 5.74) is 1.25. The number of carbonyl (C=O) groups is 1. The van der Waals surface area contributed by atoms with E-state index < -0.39 is 11.7 Å². The van der Waals surface area contributed by atoms with E-state index in [0.717, 1.165) is 5.56 Å². The highest BCUT2D eigenvalue weighted by molar-refractivity contribution is 7.98. The minimum Gasteiger partial charge on any atom is -0.291 e. The largest absolute Gasteiger partial charge is 0.291 e. The second kappa shape index (κ2) is 7.22. The van der Waals surface area contributed by atoms with Crippen molar-refractivity contribution in [2.24, 2.45) is 0 Å². The van der Waals surface area contributed by atoms with Gasteiger partial charge in [-0.1, -0.05) is 23.9 Å². The Balaban J connectivity index is 1.58. The number of hydrogen-bond acceptors (Lipinski definition) is 4. The number of hydrogen-bond donors (Lipinski definition) is 2. The van der Waals surface area contributed by atoms with E-state index in [4.69, 9.17) is 0 Å². The summed E-state index contributed by atoms with van der Waals surface area (Å²) in [7, 11) is 0. The maximum Gasteiger partial charge on any atom is 0.258 e. The van der Waals surface area contributed by atoms with Crippen molar-refractivity contribution in [1.82, 2.24) is 15.2 Å². The van der Waals surface area contributed by atoms with Gasteiger partial charge in [0, 0.05) is 11.3 Å². The number of thioether (sulfide) groups is 1. The van der Waals surface area contributed by atoms with Crippen molar-refractivity contribution >= 4 is 23.6 Å². The Kier molecular flexibility index (Phi) is 4.85. The highest BCUT2D eigenvalue weighted by Crippen LogP contribution is 2.20.